The third-order valence-electron chi connectivity index (χ3n) is 5.82. The molecule has 0 spiro atoms. The van der Waals surface area contributed by atoms with Gasteiger partial charge in [0.25, 0.3) is 0 Å². The summed E-state index contributed by atoms with van der Waals surface area (Å²) >= 11 is 0. The van der Waals surface area contributed by atoms with E-state index in [2.05, 4.69) is 20.9 Å². The summed E-state index contributed by atoms with van der Waals surface area (Å²) in [5.74, 6) is -5.51. The number of carbonyl (C=O) groups is 5. The lowest BCUT2D eigenvalue weighted by molar-refractivity contribution is -0.144. The zero-order valence-corrected chi connectivity index (χ0v) is 22.5. The highest BCUT2D eigenvalue weighted by Crippen LogP contribution is 2.12. The fourth-order valence-corrected chi connectivity index (χ4v) is 3.58. The molecule has 0 saturated carbocycles. The lowest BCUT2D eigenvalue weighted by atomic mass is 10.0. The van der Waals surface area contributed by atoms with E-state index in [-0.39, 0.29) is 37.5 Å². The number of benzene rings is 1. The van der Waals surface area contributed by atoms with Crippen LogP contribution < -0.4 is 33.2 Å². The van der Waals surface area contributed by atoms with Crippen LogP contribution in [-0.4, -0.2) is 81.7 Å². The van der Waals surface area contributed by atoms with E-state index in [0.29, 0.717) is 12.0 Å². The van der Waals surface area contributed by atoms with E-state index >= 15 is 0 Å². The summed E-state index contributed by atoms with van der Waals surface area (Å²) in [6, 6.07) is 0.902. The van der Waals surface area contributed by atoms with Gasteiger partial charge in [-0.2, -0.15) is 0 Å². The van der Waals surface area contributed by atoms with E-state index in [0.717, 1.165) is 0 Å². The number of nitrogens with two attached hydrogens (primary N) is 3. The Kier molecular flexibility index (Phi) is 13.9. The Hall–Kier alpha value is -4.40. The summed E-state index contributed by atoms with van der Waals surface area (Å²) in [7, 11) is 0. The summed E-state index contributed by atoms with van der Waals surface area (Å²) in [5, 5.41) is 35.4. The van der Waals surface area contributed by atoms with Gasteiger partial charge in [-0.25, -0.2) is 4.79 Å². The average molecular weight is 566 g/mol. The lowest BCUT2D eigenvalue weighted by Gasteiger charge is -2.26. The number of phenols is 1. The maximum atomic E-state index is 13.3. The van der Waals surface area contributed by atoms with Crippen molar-refractivity contribution in [3.63, 3.8) is 0 Å². The molecule has 0 aliphatic heterocycles. The SMILES string of the molecule is CC(C)C(NC(=O)C(CCC(=O)O)NC(=O)C(Cc1ccc(O)cc1)NC(=O)C(N)CCCN=C(N)N)C(=O)O. The van der Waals surface area contributed by atoms with Crippen LogP contribution in [0.2, 0.25) is 0 Å². The van der Waals surface area contributed by atoms with E-state index in [1.807, 2.05) is 0 Å². The zero-order chi connectivity index (χ0) is 30.4. The number of hydrogen-bond acceptors (Lipinski definition) is 8. The predicted octanol–water partition coefficient (Wildman–Crippen LogP) is -1.62. The third-order valence-corrected chi connectivity index (χ3v) is 5.82. The zero-order valence-electron chi connectivity index (χ0n) is 22.5. The van der Waals surface area contributed by atoms with Crippen LogP contribution in [0.1, 0.15) is 45.1 Å². The summed E-state index contributed by atoms with van der Waals surface area (Å²) in [6.07, 6.45) is -0.296. The molecule has 222 valence electrons. The molecule has 1 rings (SSSR count). The molecule has 40 heavy (non-hydrogen) atoms. The first kappa shape index (κ1) is 33.6. The topological polar surface area (TPSA) is 273 Å². The number of aromatic hydroxyl groups is 1. The number of phenolic OH excluding ortho intramolecular Hbond substituents is 1. The van der Waals surface area contributed by atoms with E-state index < -0.39 is 66.2 Å². The number of aliphatic carboxylic acids is 2. The Morgan fingerprint density at radius 1 is 0.875 bits per heavy atom. The molecule has 0 aliphatic rings. The Balaban J connectivity index is 3.12. The molecule has 0 aliphatic carbocycles. The van der Waals surface area contributed by atoms with Crippen LogP contribution in [-0.2, 0) is 30.4 Å². The van der Waals surface area contributed by atoms with Gasteiger partial charge in [0.2, 0.25) is 17.7 Å². The van der Waals surface area contributed by atoms with Crippen molar-refractivity contribution in [3.8, 4) is 5.75 Å². The monoisotopic (exact) mass is 565 g/mol. The molecule has 15 heteroatoms. The molecule has 0 aromatic heterocycles. The molecule has 15 nitrogen and oxygen atoms in total. The van der Waals surface area contributed by atoms with E-state index in [9.17, 15) is 34.2 Å². The van der Waals surface area contributed by atoms with Gasteiger partial charge >= 0.3 is 11.9 Å². The van der Waals surface area contributed by atoms with Crippen molar-refractivity contribution < 1.29 is 39.3 Å². The van der Waals surface area contributed by atoms with Crippen molar-refractivity contribution >= 4 is 35.6 Å². The molecule has 0 saturated heterocycles. The molecule has 1 aromatic carbocycles. The van der Waals surface area contributed by atoms with Gasteiger partial charge in [0.05, 0.1) is 6.04 Å². The third kappa shape index (κ3) is 12.4. The van der Waals surface area contributed by atoms with Gasteiger partial charge in [0.1, 0.15) is 23.9 Å². The minimum atomic E-state index is -1.41. The van der Waals surface area contributed by atoms with Gasteiger partial charge in [0, 0.05) is 19.4 Å². The van der Waals surface area contributed by atoms with Crippen LogP contribution >= 0.6 is 0 Å². The highest BCUT2D eigenvalue weighted by Gasteiger charge is 2.31. The molecule has 12 N–H and O–H groups in total. The lowest BCUT2D eigenvalue weighted by Crippen LogP contribution is -2.58. The van der Waals surface area contributed by atoms with Gasteiger partial charge in [-0.05, 0) is 42.9 Å². The van der Waals surface area contributed by atoms with Crippen LogP contribution in [0.5, 0.6) is 5.75 Å². The number of hydrogen-bond donors (Lipinski definition) is 9. The molecular weight excluding hydrogens is 526 g/mol. The highest BCUT2D eigenvalue weighted by molar-refractivity contribution is 5.94. The Morgan fingerprint density at radius 2 is 1.45 bits per heavy atom. The van der Waals surface area contributed by atoms with Crippen molar-refractivity contribution in [2.45, 2.75) is 70.1 Å². The standard InChI is InChI=1S/C25H39N7O8/c1-13(2)20(24(39)40)32-22(37)17(9-10-19(34)35)30-23(38)18(12-14-5-7-15(33)8-6-14)31-21(36)16(26)4-3-11-29-25(27)28/h5-8,13,16-18,20,33H,3-4,9-12,26H2,1-2H3,(H,30,38)(H,31,36)(H,32,37)(H,34,35)(H,39,40)(H4,27,28,29). The Morgan fingerprint density at radius 3 is 1.98 bits per heavy atom. The highest BCUT2D eigenvalue weighted by atomic mass is 16.4. The minimum Gasteiger partial charge on any atom is -0.508 e. The minimum absolute atomic E-state index is 0.0138. The summed E-state index contributed by atoms with van der Waals surface area (Å²) in [4.78, 5) is 65.5. The average Bonchev–Trinajstić information content (AvgIpc) is 2.87. The van der Waals surface area contributed by atoms with E-state index in [1.165, 1.54) is 24.3 Å². The smallest absolute Gasteiger partial charge is 0.326 e. The molecule has 4 atom stereocenters. The number of carboxylic acids is 2. The first-order valence-corrected chi connectivity index (χ1v) is 12.7. The van der Waals surface area contributed by atoms with Crippen LogP contribution in [0, 0.1) is 5.92 Å². The van der Waals surface area contributed by atoms with Gasteiger partial charge < -0.3 is 48.5 Å². The first-order valence-electron chi connectivity index (χ1n) is 12.7. The Labute approximate surface area is 231 Å². The number of carboxylic acid groups (broad SMARTS) is 2. The molecule has 4 unspecified atom stereocenters. The van der Waals surface area contributed by atoms with Crippen LogP contribution in [0.25, 0.3) is 0 Å². The molecule has 0 radical (unpaired) electrons. The van der Waals surface area contributed by atoms with Gasteiger partial charge in [-0.1, -0.05) is 26.0 Å². The van der Waals surface area contributed by atoms with Crippen LogP contribution in [0.15, 0.2) is 29.3 Å². The number of amides is 3. The normalized spacial score (nSPS) is 13.8. The predicted molar refractivity (Wildman–Crippen MR) is 145 cm³/mol. The second-order valence-corrected chi connectivity index (χ2v) is 9.55. The molecule has 0 heterocycles. The van der Waals surface area contributed by atoms with Crippen molar-refractivity contribution in [2.24, 2.45) is 28.1 Å². The van der Waals surface area contributed by atoms with Crippen LogP contribution in [0.3, 0.4) is 0 Å². The maximum Gasteiger partial charge on any atom is 0.326 e. The Bertz CT molecular complexity index is 1060. The van der Waals surface area contributed by atoms with Gasteiger partial charge in [-0.15, -0.1) is 0 Å². The summed E-state index contributed by atoms with van der Waals surface area (Å²) in [5.41, 5.74) is 17.1. The molecule has 1 aromatic rings. The summed E-state index contributed by atoms with van der Waals surface area (Å²) < 4.78 is 0. The number of carbonyl (C=O) groups excluding carboxylic acids is 3. The molecule has 0 fully saturated rings. The van der Waals surface area contributed by atoms with Gasteiger partial charge in [0.15, 0.2) is 5.96 Å². The van der Waals surface area contributed by atoms with Crippen molar-refractivity contribution in [1.82, 2.24) is 16.0 Å². The van der Waals surface area contributed by atoms with E-state index in [1.54, 1.807) is 13.8 Å². The number of nitrogens with one attached hydrogen (secondary N) is 3. The maximum absolute atomic E-state index is 13.3. The largest absolute Gasteiger partial charge is 0.508 e. The van der Waals surface area contributed by atoms with Crippen molar-refractivity contribution in [2.75, 3.05) is 6.54 Å². The number of rotatable bonds is 17. The second kappa shape index (κ2) is 16.5. The fraction of sp³-hybridized carbons (Fsp3) is 0.520. The van der Waals surface area contributed by atoms with E-state index in [4.69, 9.17) is 22.3 Å². The molecular formula is C25H39N7O8. The van der Waals surface area contributed by atoms with Crippen molar-refractivity contribution in [1.29, 1.82) is 0 Å². The summed E-state index contributed by atoms with van der Waals surface area (Å²) in [6.45, 7) is 3.40. The number of aliphatic imine (C=N–C) groups is 1. The van der Waals surface area contributed by atoms with Gasteiger partial charge in [-0.3, -0.25) is 24.2 Å². The van der Waals surface area contributed by atoms with Crippen LogP contribution in [0.4, 0.5) is 0 Å². The second-order valence-electron chi connectivity index (χ2n) is 9.55. The number of guanidine groups is 1. The first-order chi connectivity index (χ1) is 18.7. The molecule has 3 amide bonds. The number of nitrogens with zero attached hydrogens (tertiary/aromatic N) is 1. The molecule has 0 bridgehead atoms. The van der Waals surface area contributed by atoms with Crippen molar-refractivity contribution in [3.05, 3.63) is 29.8 Å². The quantitative estimate of drug-likeness (QED) is 0.0587. The fourth-order valence-electron chi connectivity index (χ4n) is 3.58.